The molecule has 0 saturated heterocycles. The molecule has 0 amide bonds. The van der Waals surface area contributed by atoms with Crippen molar-refractivity contribution in [3.8, 4) is 22.3 Å². The minimum atomic E-state index is -0.124. The molecule has 0 radical (unpaired) electrons. The van der Waals surface area contributed by atoms with Gasteiger partial charge in [-0.2, -0.15) is 5.26 Å². The molecule has 3 aromatic rings. The monoisotopic (exact) mass is 397 g/mol. The standard InChI is InChI=1S/C19H12BrNO2S/c20-15-8-6-14(7-9-15)18(22)11-23-19-16(10-21)17(12-24-19)13-4-2-1-3-5-13/h1-9,12H,11H2. The van der Waals surface area contributed by atoms with Crippen molar-refractivity contribution in [2.24, 2.45) is 0 Å². The van der Waals surface area contributed by atoms with Crippen molar-refractivity contribution < 1.29 is 9.53 Å². The Morgan fingerprint density at radius 1 is 1.12 bits per heavy atom. The van der Waals surface area contributed by atoms with Gasteiger partial charge < -0.3 is 4.74 Å². The normalized spacial score (nSPS) is 10.2. The molecule has 1 aromatic heterocycles. The van der Waals surface area contributed by atoms with Crippen LogP contribution in [0.3, 0.4) is 0 Å². The summed E-state index contributed by atoms with van der Waals surface area (Å²) in [7, 11) is 0. The van der Waals surface area contributed by atoms with Gasteiger partial charge in [-0.3, -0.25) is 4.79 Å². The van der Waals surface area contributed by atoms with Gasteiger partial charge in [-0.25, -0.2) is 0 Å². The van der Waals surface area contributed by atoms with Crippen LogP contribution in [0.25, 0.3) is 11.1 Å². The molecule has 3 rings (SSSR count). The number of nitriles is 1. The van der Waals surface area contributed by atoms with Gasteiger partial charge in [-0.05, 0) is 17.7 Å². The molecule has 0 aliphatic rings. The number of rotatable bonds is 5. The molecule has 0 aliphatic carbocycles. The lowest BCUT2D eigenvalue weighted by atomic mass is 10.1. The number of thiophene rings is 1. The van der Waals surface area contributed by atoms with E-state index in [1.807, 2.05) is 47.8 Å². The van der Waals surface area contributed by atoms with Crippen LogP contribution in [0.2, 0.25) is 0 Å². The van der Waals surface area contributed by atoms with Gasteiger partial charge in [0.15, 0.2) is 17.5 Å². The molecule has 24 heavy (non-hydrogen) atoms. The van der Waals surface area contributed by atoms with Crippen molar-refractivity contribution in [3.05, 3.63) is 75.6 Å². The number of hydrogen-bond donors (Lipinski definition) is 0. The van der Waals surface area contributed by atoms with Crippen molar-refractivity contribution in [1.82, 2.24) is 0 Å². The molecule has 0 bridgehead atoms. The fraction of sp³-hybridized carbons (Fsp3) is 0.0526. The van der Waals surface area contributed by atoms with Crippen LogP contribution in [0.5, 0.6) is 5.06 Å². The third-order valence-electron chi connectivity index (χ3n) is 3.45. The van der Waals surface area contributed by atoms with Crippen molar-refractivity contribution in [3.63, 3.8) is 0 Å². The first-order valence-electron chi connectivity index (χ1n) is 7.17. The molecule has 3 nitrogen and oxygen atoms in total. The maximum atomic E-state index is 12.2. The van der Waals surface area contributed by atoms with E-state index >= 15 is 0 Å². The largest absolute Gasteiger partial charge is 0.474 e. The molecule has 0 fully saturated rings. The fourth-order valence-corrected chi connectivity index (χ4v) is 3.38. The average molecular weight is 398 g/mol. The van der Waals surface area contributed by atoms with Crippen molar-refractivity contribution in [2.45, 2.75) is 0 Å². The van der Waals surface area contributed by atoms with Crippen molar-refractivity contribution >= 4 is 33.0 Å². The third kappa shape index (κ3) is 3.56. The van der Waals surface area contributed by atoms with Crippen LogP contribution in [0.15, 0.2) is 64.5 Å². The highest BCUT2D eigenvalue weighted by atomic mass is 79.9. The van der Waals surface area contributed by atoms with Gasteiger partial charge in [-0.15, -0.1) is 11.3 Å². The molecule has 118 valence electrons. The number of benzene rings is 2. The maximum Gasteiger partial charge on any atom is 0.200 e. The van der Waals surface area contributed by atoms with E-state index in [4.69, 9.17) is 4.74 Å². The Balaban J connectivity index is 1.77. The van der Waals surface area contributed by atoms with Crippen molar-refractivity contribution in [2.75, 3.05) is 6.61 Å². The first kappa shape index (κ1) is 16.4. The average Bonchev–Trinajstić information content (AvgIpc) is 3.04. The molecule has 0 N–H and O–H groups in total. The summed E-state index contributed by atoms with van der Waals surface area (Å²) in [4.78, 5) is 12.2. The fourth-order valence-electron chi connectivity index (χ4n) is 2.23. The highest BCUT2D eigenvalue weighted by Crippen LogP contribution is 2.36. The van der Waals surface area contributed by atoms with E-state index in [1.165, 1.54) is 11.3 Å². The van der Waals surface area contributed by atoms with Crippen LogP contribution < -0.4 is 4.74 Å². The van der Waals surface area contributed by atoms with Crippen LogP contribution in [0, 0.1) is 11.3 Å². The molecular formula is C19H12BrNO2S. The summed E-state index contributed by atoms with van der Waals surface area (Å²) in [6, 6.07) is 18.9. The summed E-state index contributed by atoms with van der Waals surface area (Å²) < 4.78 is 6.53. The van der Waals surface area contributed by atoms with Gasteiger partial charge in [0.05, 0.1) is 0 Å². The number of nitrogens with zero attached hydrogens (tertiary/aromatic N) is 1. The Bertz CT molecular complexity index is 895. The predicted molar refractivity (Wildman–Crippen MR) is 98.4 cm³/mol. The Morgan fingerprint density at radius 3 is 2.50 bits per heavy atom. The Morgan fingerprint density at radius 2 is 1.83 bits per heavy atom. The molecule has 0 saturated carbocycles. The van der Waals surface area contributed by atoms with Crippen LogP contribution in [0.1, 0.15) is 15.9 Å². The zero-order valence-electron chi connectivity index (χ0n) is 12.5. The second-order valence-electron chi connectivity index (χ2n) is 5.01. The van der Waals surface area contributed by atoms with Gasteiger partial charge in [-0.1, -0.05) is 58.4 Å². The van der Waals surface area contributed by atoms with E-state index in [0.29, 0.717) is 16.2 Å². The number of ketones is 1. The van der Waals surface area contributed by atoms with E-state index in [9.17, 15) is 10.1 Å². The predicted octanol–water partition coefficient (Wildman–Crippen LogP) is 5.31. The molecule has 0 unspecified atom stereocenters. The minimum Gasteiger partial charge on any atom is -0.474 e. The molecule has 1 heterocycles. The first-order valence-corrected chi connectivity index (χ1v) is 8.85. The number of halogens is 1. The van der Waals surface area contributed by atoms with Crippen LogP contribution in [0.4, 0.5) is 0 Å². The summed E-state index contributed by atoms with van der Waals surface area (Å²) in [6.07, 6.45) is 0. The highest BCUT2D eigenvalue weighted by Gasteiger charge is 2.16. The first-order chi connectivity index (χ1) is 11.7. The van der Waals surface area contributed by atoms with Crippen molar-refractivity contribution in [1.29, 1.82) is 5.26 Å². The van der Waals surface area contributed by atoms with Crippen LogP contribution in [-0.2, 0) is 0 Å². The SMILES string of the molecule is N#Cc1c(-c2ccccc2)csc1OCC(=O)c1ccc(Br)cc1. The smallest absolute Gasteiger partial charge is 0.200 e. The lowest BCUT2D eigenvalue weighted by molar-refractivity contribution is 0.0924. The van der Waals surface area contributed by atoms with E-state index in [1.54, 1.807) is 12.1 Å². The summed E-state index contributed by atoms with van der Waals surface area (Å²) in [5.41, 5.74) is 2.83. The number of carbonyl (C=O) groups is 1. The Kier molecular flexibility index (Phi) is 5.09. The zero-order valence-corrected chi connectivity index (χ0v) is 14.9. The van der Waals surface area contributed by atoms with E-state index in [-0.39, 0.29) is 12.4 Å². The molecule has 5 heteroatoms. The van der Waals surface area contributed by atoms with Crippen LogP contribution in [-0.4, -0.2) is 12.4 Å². The molecule has 2 aromatic carbocycles. The van der Waals surface area contributed by atoms with Crippen LogP contribution >= 0.6 is 27.3 Å². The Hall–Kier alpha value is -2.42. The number of ether oxygens (including phenoxy) is 1. The topological polar surface area (TPSA) is 50.1 Å². The summed E-state index contributed by atoms with van der Waals surface area (Å²) in [6.45, 7) is -0.0922. The summed E-state index contributed by atoms with van der Waals surface area (Å²) >= 11 is 4.67. The van der Waals surface area contributed by atoms with Gasteiger partial charge in [0, 0.05) is 21.0 Å². The maximum absolute atomic E-state index is 12.2. The second-order valence-corrected chi connectivity index (χ2v) is 6.77. The number of hydrogen-bond acceptors (Lipinski definition) is 4. The lowest BCUT2D eigenvalue weighted by Crippen LogP contribution is -2.11. The van der Waals surface area contributed by atoms with E-state index in [0.717, 1.165) is 15.6 Å². The number of carbonyl (C=O) groups excluding carboxylic acids is 1. The second kappa shape index (κ2) is 7.43. The number of Topliss-reactive ketones (excluding diaryl/α,β-unsaturated/α-hetero) is 1. The van der Waals surface area contributed by atoms with Gasteiger partial charge in [0.2, 0.25) is 0 Å². The molecule has 0 spiro atoms. The zero-order chi connectivity index (χ0) is 16.9. The van der Waals surface area contributed by atoms with Gasteiger partial charge in [0.1, 0.15) is 11.6 Å². The van der Waals surface area contributed by atoms with E-state index < -0.39 is 0 Å². The van der Waals surface area contributed by atoms with E-state index in [2.05, 4.69) is 22.0 Å². The molecule has 0 atom stereocenters. The summed E-state index contributed by atoms with van der Waals surface area (Å²) in [5.74, 6) is -0.124. The minimum absolute atomic E-state index is 0.0922. The quantitative estimate of drug-likeness (QED) is 0.548. The summed E-state index contributed by atoms with van der Waals surface area (Å²) in [5, 5.41) is 11.8. The third-order valence-corrected chi connectivity index (χ3v) is 4.87. The molecule has 0 aliphatic heterocycles. The lowest BCUT2D eigenvalue weighted by Gasteiger charge is -2.05. The Labute approximate surface area is 152 Å². The van der Waals surface area contributed by atoms with Gasteiger partial charge >= 0.3 is 0 Å². The highest BCUT2D eigenvalue weighted by molar-refractivity contribution is 9.10. The molecular weight excluding hydrogens is 386 g/mol. The van der Waals surface area contributed by atoms with Gasteiger partial charge in [0.25, 0.3) is 0 Å².